The van der Waals surface area contributed by atoms with Crippen LogP contribution in [0.1, 0.15) is 30.2 Å². The third-order valence-electron chi connectivity index (χ3n) is 4.23. The fourth-order valence-corrected chi connectivity index (χ4v) is 3.32. The van der Waals surface area contributed by atoms with E-state index in [1.165, 1.54) is 17.4 Å². The van der Waals surface area contributed by atoms with Crippen molar-refractivity contribution in [3.63, 3.8) is 0 Å². The predicted molar refractivity (Wildman–Crippen MR) is 111 cm³/mol. The largest absolute Gasteiger partial charge is 0.324 e. The van der Waals surface area contributed by atoms with Gasteiger partial charge in [0.2, 0.25) is 17.8 Å². The van der Waals surface area contributed by atoms with E-state index < -0.39 is 0 Å². The Hall–Kier alpha value is -3.26. The van der Waals surface area contributed by atoms with E-state index >= 15 is 0 Å². The van der Waals surface area contributed by atoms with E-state index in [9.17, 15) is 9.59 Å². The van der Waals surface area contributed by atoms with Crippen LogP contribution in [0.4, 0.5) is 11.1 Å². The lowest BCUT2D eigenvalue weighted by molar-refractivity contribution is -0.117. The molecule has 2 amide bonds. The molecule has 3 rings (SSSR count). The third kappa shape index (κ3) is 4.52. The van der Waals surface area contributed by atoms with Gasteiger partial charge in [0.1, 0.15) is 0 Å². The van der Waals surface area contributed by atoms with Gasteiger partial charge in [-0.05, 0) is 36.6 Å². The summed E-state index contributed by atoms with van der Waals surface area (Å²) in [5.41, 5.74) is 2.47. The van der Waals surface area contributed by atoms with Crippen LogP contribution in [0.25, 0.3) is 11.3 Å². The molecule has 0 aliphatic rings. The molecular weight excluding hydrogens is 374 g/mol. The maximum atomic E-state index is 12.6. The Bertz CT molecular complexity index is 1010. The first-order valence-electron chi connectivity index (χ1n) is 8.84. The first-order valence-corrected chi connectivity index (χ1v) is 9.66. The molecular formula is C20H21N5O2S. The van der Waals surface area contributed by atoms with Gasteiger partial charge in [0.25, 0.3) is 0 Å². The minimum absolute atomic E-state index is 0.113. The smallest absolute Gasteiger partial charge is 0.250 e. The normalized spacial score (nSPS) is 11.6. The van der Waals surface area contributed by atoms with E-state index in [4.69, 9.17) is 0 Å². The number of nitrogens with one attached hydrogen (secondary N) is 3. The summed E-state index contributed by atoms with van der Waals surface area (Å²) in [6.07, 6.45) is 5.48. The van der Waals surface area contributed by atoms with Crippen molar-refractivity contribution < 1.29 is 9.59 Å². The molecule has 0 unspecified atom stereocenters. The van der Waals surface area contributed by atoms with E-state index in [1.54, 1.807) is 12.4 Å². The monoisotopic (exact) mass is 395 g/mol. The summed E-state index contributed by atoms with van der Waals surface area (Å²) in [6.45, 7) is 7.32. The van der Waals surface area contributed by atoms with Crippen LogP contribution in [0.15, 0.2) is 49.3 Å². The van der Waals surface area contributed by atoms with Crippen LogP contribution in [0, 0.1) is 0 Å². The van der Waals surface area contributed by atoms with Crippen LogP contribution < -0.4 is 10.6 Å². The van der Waals surface area contributed by atoms with Crippen LogP contribution in [0.2, 0.25) is 0 Å². The van der Waals surface area contributed by atoms with Gasteiger partial charge < -0.3 is 10.3 Å². The number of benzene rings is 1. The van der Waals surface area contributed by atoms with Gasteiger partial charge in [-0.3, -0.25) is 14.9 Å². The van der Waals surface area contributed by atoms with Crippen LogP contribution in [-0.4, -0.2) is 26.8 Å². The van der Waals surface area contributed by atoms with Gasteiger partial charge in [-0.25, -0.2) is 9.97 Å². The summed E-state index contributed by atoms with van der Waals surface area (Å²) in [7, 11) is 0. The number of carbonyl (C=O) groups is 2. The fraction of sp³-hybridized carbons (Fsp3) is 0.200. The highest BCUT2D eigenvalue weighted by Crippen LogP contribution is 2.26. The van der Waals surface area contributed by atoms with Crippen molar-refractivity contribution in [2.75, 3.05) is 10.6 Å². The third-order valence-corrected chi connectivity index (χ3v) is 5.28. The Morgan fingerprint density at radius 2 is 2.11 bits per heavy atom. The molecule has 3 aromatic rings. The first-order chi connectivity index (χ1) is 13.5. The number of thiazole rings is 1. The minimum Gasteiger partial charge on any atom is -0.324 e. The second-order valence-corrected chi connectivity index (χ2v) is 7.28. The van der Waals surface area contributed by atoms with Gasteiger partial charge in [-0.1, -0.05) is 31.7 Å². The molecule has 0 saturated heterocycles. The molecule has 1 atom stereocenters. The molecule has 1 aromatic carbocycles. The number of aryl methyl sites for hydroxylation is 1. The van der Waals surface area contributed by atoms with Crippen molar-refractivity contribution in [1.29, 1.82) is 0 Å². The Balaban J connectivity index is 1.74. The Morgan fingerprint density at radius 3 is 2.82 bits per heavy atom. The molecule has 144 valence electrons. The van der Waals surface area contributed by atoms with Crippen molar-refractivity contribution in [3.8, 4) is 11.3 Å². The van der Waals surface area contributed by atoms with Gasteiger partial charge in [0.05, 0.1) is 17.8 Å². The number of hydrogen-bond acceptors (Lipinski definition) is 5. The number of nitrogens with zero attached hydrogens (tertiary/aromatic N) is 2. The molecule has 0 saturated carbocycles. The van der Waals surface area contributed by atoms with Crippen LogP contribution in [0.3, 0.4) is 0 Å². The van der Waals surface area contributed by atoms with Gasteiger partial charge >= 0.3 is 0 Å². The zero-order chi connectivity index (χ0) is 20.1. The van der Waals surface area contributed by atoms with Crippen LogP contribution in [0.5, 0.6) is 0 Å². The standard InChI is InChI=1S/C20H21N5O2S/c1-4-15-10-22-20(28-15)25-18(27)12(3)13-7-6-8-14(9-13)16-11-21-19(23-16)24-17(26)5-2/h5-12H,2,4H2,1,3H3,(H,22,25,27)(H2,21,23,24,26)/t12-/m0/s1. The molecule has 7 nitrogen and oxygen atoms in total. The SMILES string of the molecule is C=CC(=O)Nc1ncc(-c2cccc([C@H](C)C(=O)Nc3ncc(CC)s3)c2)[nH]1. The topological polar surface area (TPSA) is 99.8 Å². The quantitative estimate of drug-likeness (QED) is 0.527. The molecule has 2 heterocycles. The maximum absolute atomic E-state index is 12.6. The van der Waals surface area contributed by atoms with Crippen LogP contribution >= 0.6 is 11.3 Å². The summed E-state index contributed by atoms with van der Waals surface area (Å²) in [6, 6.07) is 7.63. The number of H-pyrrole nitrogens is 1. The number of carbonyl (C=O) groups excluding carboxylic acids is 2. The Kier molecular flexibility index (Phi) is 6.00. The minimum atomic E-state index is -0.350. The first kappa shape index (κ1) is 19.5. The van der Waals surface area contributed by atoms with Crippen LogP contribution in [-0.2, 0) is 16.0 Å². The number of rotatable bonds is 7. The number of aromatic amines is 1. The predicted octanol–water partition coefficient (Wildman–Crippen LogP) is 3.96. The lowest BCUT2D eigenvalue weighted by Crippen LogP contribution is -2.18. The van der Waals surface area contributed by atoms with E-state index in [-0.39, 0.29) is 17.7 Å². The van der Waals surface area contributed by atoms with E-state index in [1.807, 2.05) is 31.2 Å². The molecule has 0 fully saturated rings. The maximum Gasteiger partial charge on any atom is 0.250 e. The van der Waals surface area contributed by atoms with E-state index in [0.717, 1.165) is 28.1 Å². The van der Waals surface area contributed by atoms with Gasteiger partial charge in [-0.15, -0.1) is 11.3 Å². The number of imidazole rings is 1. The average molecular weight is 395 g/mol. The number of aromatic nitrogens is 3. The van der Waals surface area contributed by atoms with E-state index in [2.05, 4.69) is 39.1 Å². The molecule has 0 aliphatic heterocycles. The molecule has 0 radical (unpaired) electrons. The average Bonchev–Trinajstić information content (AvgIpc) is 3.36. The van der Waals surface area contributed by atoms with Gasteiger partial charge in [-0.2, -0.15) is 0 Å². The second-order valence-electron chi connectivity index (χ2n) is 6.16. The lowest BCUT2D eigenvalue weighted by Gasteiger charge is -2.12. The van der Waals surface area contributed by atoms with Gasteiger partial charge in [0, 0.05) is 11.1 Å². The van der Waals surface area contributed by atoms with Crippen molar-refractivity contribution in [3.05, 3.63) is 59.8 Å². The summed E-state index contributed by atoms with van der Waals surface area (Å²) >= 11 is 1.49. The molecule has 3 N–H and O–H groups in total. The molecule has 0 spiro atoms. The number of amides is 2. The van der Waals surface area contributed by atoms with Crippen molar-refractivity contribution in [1.82, 2.24) is 15.0 Å². The fourth-order valence-electron chi connectivity index (χ4n) is 2.57. The number of anilines is 2. The second kappa shape index (κ2) is 8.62. The highest BCUT2D eigenvalue weighted by atomic mass is 32.1. The molecule has 0 aliphatic carbocycles. The van der Waals surface area contributed by atoms with E-state index in [0.29, 0.717) is 11.1 Å². The van der Waals surface area contributed by atoms with Crippen molar-refractivity contribution in [2.45, 2.75) is 26.2 Å². The van der Waals surface area contributed by atoms with Crippen molar-refractivity contribution >= 4 is 34.2 Å². The summed E-state index contributed by atoms with van der Waals surface area (Å²) in [4.78, 5) is 36.5. The lowest BCUT2D eigenvalue weighted by atomic mass is 9.97. The molecule has 8 heteroatoms. The molecule has 2 aromatic heterocycles. The Labute approximate surface area is 166 Å². The molecule has 0 bridgehead atoms. The highest BCUT2D eigenvalue weighted by molar-refractivity contribution is 7.15. The summed E-state index contributed by atoms with van der Waals surface area (Å²) in [5.74, 6) is -0.463. The zero-order valence-corrected chi connectivity index (χ0v) is 16.5. The number of hydrogen-bond donors (Lipinski definition) is 3. The Morgan fingerprint density at radius 1 is 1.29 bits per heavy atom. The highest BCUT2D eigenvalue weighted by Gasteiger charge is 2.17. The van der Waals surface area contributed by atoms with Crippen molar-refractivity contribution in [2.24, 2.45) is 0 Å². The summed E-state index contributed by atoms with van der Waals surface area (Å²) < 4.78 is 0. The molecule has 28 heavy (non-hydrogen) atoms. The van der Waals surface area contributed by atoms with Gasteiger partial charge in [0.15, 0.2) is 5.13 Å². The summed E-state index contributed by atoms with van der Waals surface area (Å²) in [5, 5.41) is 6.07. The zero-order valence-electron chi connectivity index (χ0n) is 15.7.